The van der Waals surface area contributed by atoms with Crippen LogP contribution in [0.25, 0.3) is 0 Å². The van der Waals surface area contributed by atoms with E-state index in [2.05, 4.69) is 5.32 Å². The molecule has 2 N–H and O–H groups in total. The van der Waals surface area contributed by atoms with Crippen LogP contribution < -0.4 is 10.2 Å². The van der Waals surface area contributed by atoms with Crippen LogP contribution >= 0.6 is 0 Å². The van der Waals surface area contributed by atoms with Gasteiger partial charge in [0.15, 0.2) is 10.9 Å². The molecule has 2 rings (SSSR count). The van der Waals surface area contributed by atoms with Crippen LogP contribution in [0.15, 0.2) is 29.2 Å². The van der Waals surface area contributed by atoms with Gasteiger partial charge in [-0.05, 0) is 19.4 Å². The molecule has 0 aliphatic carbocycles. The van der Waals surface area contributed by atoms with Gasteiger partial charge in [0.1, 0.15) is 0 Å². The number of para-hydroxylation sites is 1. The van der Waals surface area contributed by atoms with E-state index in [1.165, 1.54) is 28.6 Å². The zero-order valence-corrected chi connectivity index (χ0v) is 15.8. The van der Waals surface area contributed by atoms with Crippen molar-refractivity contribution in [1.82, 2.24) is 9.62 Å². The number of nitrogens with zero attached hydrogens (tertiary/aromatic N) is 2. The fraction of sp³-hybridized carbons (Fsp3) is 0.562. The van der Waals surface area contributed by atoms with E-state index in [0.717, 1.165) is 11.3 Å². The molecule has 0 unspecified atom stereocenters. The molecule has 1 aliphatic rings. The maximum absolute atomic E-state index is 12.8. The lowest BCUT2D eigenvalue weighted by Gasteiger charge is -2.34. The lowest BCUT2D eigenvalue weighted by molar-refractivity contribution is -0.917. The van der Waals surface area contributed by atoms with E-state index in [1.54, 1.807) is 0 Å². The molecule has 1 saturated heterocycles. The van der Waals surface area contributed by atoms with Gasteiger partial charge in [0.05, 0.1) is 31.1 Å². The molecule has 1 heterocycles. The summed E-state index contributed by atoms with van der Waals surface area (Å²) >= 11 is 0. The van der Waals surface area contributed by atoms with Gasteiger partial charge in [-0.25, -0.2) is 8.42 Å². The van der Waals surface area contributed by atoms with Gasteiger partial charge in [0, 0.05) is 12.6 Å². The number of hydrogen-bond acceptors (Lipinski definition) is 5. The monoisotopic (exact) mass is 385 g/mol. The summed E-state index contributed by atoms with van der Waals surface area (Å²) in [4.78, 5) is 23.2. The third-order valence-electron chi connectivity index (χ3n) is 4.60. The van der Waals surface area contributed by atoms with Gasteiger partial charge < -0.3 is 10.2 Å². The summed E-state index contributed by atoms with van der Waals surface area (Å²) < 4.78 is 26.9. The first kappa shape index (κ1) is 20.3. The quantitative estimate of drug-likeness (QED) is 0.480. The average molecular weight is 385 g/mol. The summed E-state index contributed by atoms with van der Waals surface area (Å²) in [5.74, 6) is -0.0446. The summed E-state index contributed by atoms with van der Waals surface area (Å²) in [6.45, 7) is 5.80. The smallest absolute Gasteiger partial charge is 0.289 e. The number of benzene rings is 1. The Morgan fingerprint density at radius 2 is 1.96 bits per heavy atom. The topological polar surface area (TPSA) is 114 Å². The number of nitrogens with one attached hydrogen (secondary N) is 2. The van der Waals surface area contributed by atoms with Crippen LogP contribution in [0.4, 0.5) is 5.69 Å². The number of nitro benzene ring substituents is 1. The summed E-state index contributed by atoms with van der Waals surface area (Å²) in [7, 11) is -3.94. The van der Waals surface area contributed by atoms with E-state index in [-0.39, 0.29) is 29.9 Å². The molecule has 0 radical (unpaired) electrons. The fourth-order valence-corrected chi connectivity index (χ4v) is 4.60. The highest BCUT2D eigenvalue weighted by atomic mass is 32.2. The van der Waals surface area contributed by atoms with E-state index in [0.29, 0.717) is 19.6 Å². The molecule has 26 heavy (non-hydrogen) atoms. The van der Waals surface area contributed by atoms with Crippen LogP contribution in [0.1, 0.15) is 20.3 Å². The first-order valence-corrected chi connectivity index (χ1v) is 10.1. The standard InChI is InChI=1S/C16H24N4O5S/c1-3-8-17-16(21)13(2)18-9-11-19(12-10-18)26(24,25)15-7-5-4-6-14(15)20(22)23/h4-7,13H,3,8-12H2,1-2H3,(H,17,21)/p+1/t13-/m0/s1. The number of hydrogen-bond donors (Lipinski definition) is 2. The second kappa shape index (κ2) is 8.56. The van der Waals surface area contributed by atoms with Crippen LogP contribution in [0, 0.1) is 10.1 Å². The normalized spacial score (nSPS) is 17.6. The number of carbonyl (C=O) groups excluding carboxylic acids is 1. The van der Waals surface area contributed by atoms with E-state index in [4.69, 9.17) is 0 Å². The molecule has 0 aromatic heterocycles. The molecule has 0 bridgehead atoms. The Bertz CT molecular complexity index is 760. The van der Waals surface area contributed by atoms with Gasteiger partial charge in [-0.15, -0.1) is 0 Å². The number of sulfonamides is 1. The van der Waals surface area contributed by atoms with E-state index < -0.39 is 20.6 Å². The Hall–Kier alpha value is -2.04. The predicted octanol–water partition coefficient (Wildman–Crippen LogP) is -0.601. The summed E-state index contributed by atoms with van der Waals surface area (Å²) in [5, 5.41) is 14.0. The Morgan fingerprint density at radius 1 is 1.35 bits per heavy atom. The highest BCUT2D eigenvalue weighted by Crippen LogP contribution is 2.26. The van der Waals surface area contributed by atoms with Crippen molar-refractivity contribution in [3.63, 3.8) is 0 Å². The Balaban J connectivity index is 2.08. The van der Waals surface area contributed by atoms with E-state index in [1.807, 2.05) is 13.8 Å². The van der Waals surface area contributed by atoms with Gasteiger partial charge in [0.25, 0.3) is 11.6 Å². The average Bonchev–Trinajstić information content (AvgIpc) is 2.65. The van der Waals surface area contributed by atoms with Crippen LogP contribution in [-0.2, 0) is 14.8 Å². The molecule has 0 saturated carbocycles. The zero-order chi connectivity index (χ0) is 19.3. The first-order chi connectivity index (χ1) is 12.3. The van der Waals surface area contributed by atoms with Crippen molar-refractivity contribution in [1.29, 1.82) is 0 Å². The summed E-state index contributed by atoms with van der Waals surface area (Å²) in [6, 6.07) is 5.09. The molecule has 9 nitrogen and oxygen atoms in total. The summed E-state index contributed by atoms with van der Waals surface area (Å²) in [5.41, 5.74) is -0.422. The van der Waals surface area contributed by atoms with Crippen LogP contribution in [0.3, 0.4) is 0 Å². The molecule has 10 heteroatoms. The minimum Gasteiger partial charge on any atom is -0.351 e. The number of piperazine rings is 1. The highest BCUT2D eigenvalue weighted by molar-refractivity contribution is 7.89. The van der Waals surface area contributed by atoms with Crippen molar-refractivity contribution in [3.05, 3.63) is 34.4 Å². The minimum atomic E-state index is -3.94. The van der Waals surface area contributed by atoms with Gasteiger partial charge >= 0.3 is 0 Å². The molecule has 1 aliphatic heterocycles. The van der Waals surface area contributed by atoms with Gasteiger partial charge in [-0.2, -0.15) is 4.31 Å². The molecule has 1 aromatic carbocycles. The SMILES string of the molecule is CCCNC(=O)[C@H](C)[NH+]1CCN(S(=O)(=O)c2ccccc2[N+](=O)[O-])CC1. The molecular weight excluding hydrogens is 360 g/mol. The molecule has 1 amide bonds. The number of nitro groups is 1. The number of rotatable bonds is 7. The van der Waals surface area contributed by atoms with Gasteiger partial charge in [-0.3, -0.25) is 14.9 Å². The number of amides is 1. The van der Waals surface area contributed by atoms with Crippen LogP contribution in [-0.4, -0.2) is 62.3 Å². The maximum Gasteiger partial charge on any atom is 0.289 e. The van der Waals surface area contributed by atoms with Crippen molar-refractivity contribution < 1.29 is 23.0 Å². The fourth-order valence-electron chi connectivity index (χ4n) is 3.00. The lowest BCUT2D eigenvalue weighted by Crippen LogP contribution is -3.19. The van der Waals surface area contributed by atoms with Crippen molar-refractivity contribution in [3.8, 4) is 0 Å². The second-order valence-corrected chi connectivity index (χ2v) is 8.21. The first-order valence-electron chi connectivity index (χ1n) is 8.65. The minimum absolute atomic E-state index is 0.0446. The van der Waals surface area contributed by atoms with Crippen molar-refractivity contribution in [2.24, 2.45) is 0 Å². The largest absolute Gasteiger partial charge is 0.351 e. The van der Waals surface area contributed by atoms with Gasteiger partial charge in [-0.1, -0.05) is 19.1 Å². The lowest BCUT2D eigenvalue weighted by atomic mass is 10.2. The van der Waals surface area contributed by atoms with Gasteiger partial charge in [0.2, 0.25) is 10.0 Å². The Morgan fingerprint density at radius 3 is 2.54 bits per heavy atom. The third-order valence-corrected chi connectivity index (χ3v) is 6.55. The predicted molar refractivity (Wildman–Crippen MR) is 95.3 cm³/mol. The van der Waals surface area contributed by atoms with Crippen molar-refractivity contribution in [2.45, 2.75) is 31.2 Å². The molecular formula is C16H25N4O5S+. The van der Waals surface area contributed by atoms with E-state index in [9.17, 15) is 23.3 Å². The molecule has 1 fully saturated rings. The van der Waals surface area contributed by atoms with Crippen molar-refractivity contribution >= 4 is 21.6 Å². The van der Waals surface area contributed by atoms with Crippen LogP contribution in [0.2, 0.25) is 0 Å². The Kier molecular flexibility index (Phi) is 6.68. The number of carbonyl (C=O) groups is 1. The van der Waals surface area contributed by atoms with E-state index >= 15 is 0 Å². The Labute approximate surface area is 153 Å². The third kappa shape index (κ3) is 4.37. The second-order valence-electron chi connectivity index (χ2n) is 6.30. The zero-order valence-electron chi connectivity index (χ0n) is 15.0. The molecule has 0 spiro atoms. The van der Waals surface area contributed by atoms with Crippen LogP contribution in [0.5, 0.6) is 0 Å². The summed E-state index contributed by atoms with van der Waals surface area (Å²) in [6.07, 6.45) is 0.857. The molecule has 1 atom stereocenters. The van der Waals surface area contributed by atoms with Crippen molar-refractivity contribution in [2.75, 3.05) is 32.7 Å². The number of quaternary nitrogens is 1. The molecule has 1 aromatic rings. The molecule has 144 valence electrons. The maximum atomic E-state index is 12.8. The highest BCUT2D eigenvalue weighted by Gasteiger charge is 2.37.